The summed E-state index contributed by atoms with van der Waals surface area (Å²) in [7, 11) is 0. The predicted octanol–water partition coefficient (Wildman–Crippen LogP) is 16.5. The van der Waals surface area contributed by atoms with Crippen molar-refractivity contribution in [3.63, 3.8) is 0 Å². The summed E-state index contributed by atoms with van der Waals surface area (Å²) in [6.45, 7) is 2.17. The maximum atomic E-state index is 14.8. The molecule has 0 aliphatic heterocycles. The molecule has 61 heavy (non-hydrogen) atoms. The number of halogens is 2. The largest absolute Gasteiger partial charge is 0.308 e. The predicted molar refractivity (Wildman–Crippen MR) is 256 cm³/mol. The Bertz CT molecular complexity index is 3700. The topological polar surface area (TPSA) is 9.86 Å². The zero-order valence-corrected chi connectivity index (χ0v) is 34.3. The van der Waals surface area contributed by atoms with Crippen LogP contribution in [0.3, 0.4) is 0 Å². The Kier molecular flexibility index (Phi) is 7.36. The maximum Gasteiger partial charge on any atom is 0.123 e. The minimum atomic E-state index is -0.291. The van der Waals surface area contributed by atoms with Gasteiger partial charge in [0.1, 0.15) is 11.6 Å². The summed E-state index contributed by atoms with van der Waals surface area (Å²) in [5.74, 6) is -0.583. The van der Waals surface area contributed by atoms with Crippen LogP contribution in [-0.2, 0) is 0 Å². The van der Waals surface area contributed by atoms with E-state index in [2.05, 4.69) is 143 Å². The average molecular weight is 823 g/mol. The Morgan fingerprint density at radius 1 is 0.377 bits per heavy atom. The molecule has 288 valence electrons. The van der Waals surface area contributed by atoms with Crippen LogP contribution in [-0.4, -0.2) is 9.13 Å². The first-order chi connectivity index (χ1) is 30.0. The van der Waals surface area contributed by atoms with Gasteiger partial charge in [-0.3, -0.25) is 0 Å². The lowest BCUT2D eigenvalue weighted by atomic mass is 9.89. The van der Waals surface area contributed by atoms with Gasteiger partial charge in [-0.15, -0.1) is 22.7 Å². The summed E-state index contributed by atoms with van der Waals surface area (Å²) in [6, 6.07) is 59.8. The number of thiophene rings is 2. The molecule has 0 amide bonds. The van der Waals surface area contributed by atoms with Gasteiger partial charge in [-0.05, 0) is 90.3 Å². The van der Waals surface area contributed by atoms with Crippen LogP contribution in [0, 0.1) is 18.6 Å². The molecule has 4 aromatic heterocycles. The summed E-state index contributed by atoms with van der Waals surface area (Å²) >= 11 is 3.68. The third kappa shape index (κ3) is 4.92. The highest BCUT2D eigenvalue weighted by molar-refractivity contribution is 7.27. The average Bonchev–Trinajstić information content (AvgIpc) is 4.04. The van der Waals surface area contributed by atoms with Gasteiger partial charge in [0.05, 0.1) is 33.4 Å². The molecule has 13 aromatic rings. The molecule has 0 atom stereocenters. The summed E-state index contributed by atoms with van der Waals surface area (Å²) < 4.78 is 39.4. The van der Waals surface area contributed by atoms with E-state index in [1.54, 1.807) is 24.3 Å². The zero-order chi connectivity index (χ0) is 40.5. The van der Waals surface area contributed by atoms with E-state index in [1.807, 2.05) is 46.9 Å². The van der Waals surface area contributed by atoms with Gasteiger partial charge in [0.25, 0.3) is 0 Å². The second kappa shape index (κ2) is 12.9. The highest BCUT2D eigenvalue weighted by atomic mass is 32.1. The SMILES string of the molecule is Cc1c(-c2ccc(F)cc2)c(-n2c3ccccc3c3c4sc5ccccc5c4ccc32)cc(-n2c3ccccc3c3c4sc5ccccc5c4ccc32)c1-c1ccc(F)cc1. The van der Waals surface area contributed by atoms with E-state index in [0.717, 1.165) is 61.3 Å². The lowest BCUT2D eigenvalue weighted by Crippen LogP contribution is -2.06. The van der Waals surface area contributed by atoms with E-state index in [4.69, 9.17) is 0 Å². The van der Waals surface area contributed by atoms with Crippen molar-refractivity contribution in [1.82, 2.24) is 9.13 Å². The molecule has 0 N–H and O–H groups in total. The van der Waals surface area contributed by atoms with Crippen molar-refractivity contribution in [3.05, 3.63) is 193 Å². The van der Waals surface area contributed by atoms with Gasteiger partial charge >= 0.3 is 0 Å². The number of hydrogen-bond acceptors (Lipinski definition) is 2. The molecule has 0 unspecified atom stereocenters. The summed E-state index contributed by atoms with van der Waals surface area (Å²) in [5, 5.41) is 9.78. The van der Waals surface area contributed by atoms with Crippen molar-refractivity contribution in [3.8, 4) is 33.6 Å². The number of benzene rings is 9. The van der Waals surface area contributed by atoms with Gasteiger partial charge in [-0.25, -0.2) is 8.78 Å². The van der Waals surface area contributed by atoms with Crippen LogP contribution in [0.4, 0.5) is 8.78 Å². The van der Waals surface area contributed by atoms with Crippen LogP contribution in [0.5, 0.6) is 0 Å². The van der Waals surface area contributed by atoms with E-state index in [-0.39, 0.29) is 11.6 Å². The molecule has 2 nitrogen and oxygen atoms in total. The minimum absolute atomic E-state index is 0.291. The molecule has 13 rings (SSSR count). The molecule has 0 aliphatic carbocycles. The number of fused-ring (bicyclic) bond motifs is 14. The van der Waals surface area contributed by atoms with Crippen LogP contribution in [0.25, 0.3) is 118 Å². The zero-order valence-electron chi connectivity index (χ0n) is 32.7. The van der Waals surface area contributed by atoms with Gasteiger partial charge in [-0.1, -0.05) is 109 Å². The van der Waals surface area contributed by atoms with E-state index >= 15 is 0 Å². The molecular formula is C55H32F2N2S2. The number of hydrogen-bond donors (Lipinski definition) is 0. The highest BCUT2D eigenvalue weighted by Crippen LogP contribution is 2.49. The number of aromatic nitrogens is 2. The first kappa shape index (κ1) is 34.7. The Morgan fingerprint density at radius 3 is 1.21 bits per heavy atom. The molecule has 0 radical (unpaired) electrons. The fourth-order valence-electron chi connectivity index (χ4n) is 10.1. The van der Waals surface area contributed by atoms with Gasteiger partial charge in [0, 0.05) is 73.0 Å². The Labute approximate surface area is 356 Å². The van der Waals surface area contributed by atoms with Crippen LogP contribution >= 0.6 is 22.7 Å². The molecule has 0 saturated heterocycles. The van der Waals surface area contributed by atoms with Crippen molar-refractivity contribution < 1.29 is 8.78 Å². The molecule has 0 aliphatic rings. The number of rotatable bonds is 4. The highest BCUT2D eigenvalue weighted by Gasteiger charge is 2.27. The molecule has 0 fully saturated rings. The molecule has 4 heterocycles. The second-order valence-electron chi connectivity index (χ2n) is 15.9. The van der Waals surface area contributed by atoms with Crippen molar-refractivity contribution in [1.29, 1.82) is 0 Å². The summed E-state index contributed by atoms with van der Waals surface area (Å²) in [4.78, 5) is 0. The van der Waals surface area contributed by atoms with Crippen LogP contribution in [0.1, 0.15) is 5.56 Å². The fourth-order valence-corrected chi connectivity index (χ4v) is 12.6. The monoisotopic (exact) mass is 822 g/mol. The third-order valence-corrected chi connectivity index (χ3v) is 15.1. The lowest BCUT2D eigenvalue weighted by molar-refractivity contribution is 0.627. The Hall–Kier alpha value is -7.12. The standard InChI is InChI=1S/C55H32F2N2S2/c1-31-50(32-18-22-34(56)23-19-32)46(58-42-14-6-2-12-40(42)52-44(58)28-26-38-36-10-4-8-16-48(36)60-54(38)52)30-47(51(31)33-20-24-35(57)25-21-33)59-43-15-7-3-13-41(43)53-45(59)29-27-39-37-11-5-9-17-49(37)61-55(39)53/h2-30H,1H3. The maximum absolute atomic E-state index is 14.8. The molecule has 0 spiro atoms. The molecular weight excluding hydrogens is 791 g/mol. The second-order valence-corrected chi connectivity index (χ2v) is 18.0. The summed E-state index contributed by atoms with van der Waals surface area (Å²) in [5.41, 5.74) is 11.1. The number of para-hydroxylation sites is 2. The summed E-state index contributed by atoms with van der Waals surface area (Å²) in [6.07, 6.45) is 0. The van der Waals surface area contributed by atoms with Crippen LogP contribution < -0.4 is 0 Å². The quantitative estimate of drug-likeness (QED) is 0.167. The first-order valence-corrected chi connectivity index (χ1v) is 22.0. The van der Waals surface area contributed by atoms with Crippen LogP contribution in [0.2, 0.25) is 0 Å². The fraction of sp³-hybridized carbons (Fsp3) is 0.0182. The molecule has 6 heteroatoms. The smallest absolute Gasteiger partial charge is 0.123 e. The molecule has 0 bridgehead atoms. The van der Waals surface area contributed by atoms with Crippen LogP contribution in [0.15, 0.2) is 176 Å². The number of nitrogens with zero attached hydrogens (tertiary/aromatic N) is 2. The lowest BCUT2D eigenvalue weighted by Gasteiger charge is -2.24. The van der Waals surface area contributed by atoms with E-state index in [1.165, 1.54) is 61.9 Å². The van der Waals surface area contributed by atoms with Crippen molar-refractivity contribution in [2.24, 2.45) is 0 Å². The van der Waals surface area contributed by atoms with E-state index < -0.39 is 0 Å². The van der Waals surface area contributed by atoms with Crippen molar-refractivity contribution >= 4 is 107 Å². The third-order valence-electron chi connectivity index (χ3n) is 12.6. The Morgan fingerprint density at radius 2 is 0.770 bits per heavy atom. The first-order valence-electron chi connectivity index (χ1n) is 20.4. The minimum Gasteiger partial charge on any atom is -0.308 e. The van der Waals surface area contributed by atoms with E-state index in [9.17, 15) is 8.78 Å². The normalized spacial score (nSPS) is 12.2. The molecule has 9 aromatic carbocycles. The van der Waals surface area contributed by atoms with Gasteiger partial charge in [-0.2, -0.15) is 0 Å². The Balaban J connectivity index is 1.23. The molecule has 0 saturated carbocycles. The van der Waals surface area contributed by atoms with Gasteiger partial charge < -0.3 is 9.13 Å². The van der Waals surface area contributed by atoms with E-state index in [0.29, 0.717) is 0 Å². The van der Waals surface area contributed by atoms with Crippen molar-refractivity contribution in [2.75, 3.05) is 0 Å². The van der Waals surface area contributed by atoms with Gasteiger partial charge in [0.15, 0.2) is 0 Å². The van der Waals surface area contributed by atoms with Crippen molar-refractivity contribution in [2.45, 2.75) is 6.92 Å². The van der Waals surface area contributed by atoms with Gasteiger partial charge in [0.2, 0.25) is 0 Å².